The van der Waals surface area contributed by atoms with Gasteiger partial charge in [0.25, 0.3) is 0 Å². The summed E-state index contributed by atoms with van der Waals surface area (Å²) in [5.74, 6) is -0.691. The van der Waals surface area contributed by atoms with Crippen LogP contribution in [0.25, 0.3) is 0 Å². The van der Waals surface area contributed by atoms with Crippen LogP contribution < -0.4 is 0 Å². The molecule has 20 heavy (non-hydrogen) atoms. The van der Waals surface area contributed by atoms with Crippen LogP contribution in [0.5, 0.6) is 0 Å². The Morgan fingerprint density at radius 1 is 1.00 bits per heavy atom. The topological polar surface area (TPSA) is 61.8 Å². The average Bonchev–Trinajstić information content (AvgIpc) is 2.29. The molecule has 0 unspecified atom stereocenters. The van der Waals surface area contributed by atoms with Gasteiger partial charge in [-0.05, 0) is 47.6 Å². The molecule has 5 heteroatoms. The van der Waals surface area contributed by atoms with Gasteiger partial charge < -0.3 is 14.2 Å². The zero-order valence-corrected chi connectivity index (χ0v) is 13.1. The van der Waals surface area contributed by atoms with Crippen LogP contribution in [0.2, 0.25) is 0 Å². The molecule has 0 aliphatic carbocycles. The molecule has 1 heterocycles. The predicted octanol–water partition coefficient (Wildman–Crippen LogP) is 2.45. The molecule has 0 amide bonds. The molecule has 0 radical (unpaired) electrons. The summed E-state index contributed by atoms with van der Waals surface area (Å²) in [7, 11) is 0. The van der Waals surface area contributed by atoms with Crippen LogP contribution in [-0.2, 0) is 23.8 Å². The van der Waals surface area contributed by atoms with E-state index in [1.54, 1.807) is 47.6 Å². The highest BCUT2D eigenvalue weighted by atomic mass is 16.6. The summed E-state index contributed by atoms with van der Waals surface area (Å²) in [6.07, 6.45) is 1.83. The first-order valence-electron chi connectivity index (χ1n) is 6.72. The fourth-order valence-electron chi connectivity index (χ4n) is 1.33. The Kier molecular flexibility index (Phi) is 4.84. The second kappa shape index (κ2) is 5.85. The van der Waals surface area contributed by atoms with E-state index < -0.39 is 23.0 Å². The third kappa shape index (κ3) is 4.54. The molecule has 0 fully saturated rings. The van der Waals surface area contributed by atoms with E-state index >= 15 is 0 Å². The van der Waals surface area contributed by atoms with Crippen molar-refractivity contribution in [3.8, 4) is 0 Å². The minimum absolute atomic E-state index is 0.181. The Hall–Kier alpha value is -1.52. The Morgan fingerprint density at radius 3 is 2.00 bits per heavy atom. The number of hydrogen-bond acceptors (Lipinski definition) is 5. The van der Waals surface area contributed by atoms with Crippen molar-refractivity contribution in [3.63, 3.8) is 0 Å². The summed E-state index contributed by atoms with van der Waals surface area (Å²) in [5, 5.41) is 0. The first-order chi connectivity index (χ1) is 9.01. The maximum atomic E-state index is 11.9. The molecule has 0 saturated heterocycles. The molecule has 1 aliphatic rings. The van der Waals surface area contributed by atoms with E-state index in [9.17, 15) is 9.59 Å². The maximum absolute atomic E-state index is 11.9. The number of hydrogen-bond donors (Lipinski definition) is 0. The molecule has 114 valence electrons. The van der Waals surface area contributed by atoms with Gasteiger partial charge in [-0.15, -0.1) is 0 Å². The Balaban J connectivity index is 2.73. The van der Waals surface area contributed by atoms with Crippen molar-refractivity contribution >= 4 is 11.9 Å². The number of esters is 2. The molecule has 2 atom stereocenters. The van der Waals surface area contributed by atoms with Gasteiger partial charge in [0.15, 0.2) is 12.2 Å². The van der Waals surface area contributed by atoms with Gasteiger partial charge in [-0.2, -0.15) is 0 Å². The number of carbonyl (C=O) groups is 2. The standard InChI is InChI=1S/C15H24O5/c1-14(2,3)12(16)19-10-7-8-18-9-11(10)20-13(17)15(4,5)6/h7-8,10-11H,9H2,1-6H3/t10-,11+/m0/s1. The third-order valence-electron chi connectivity index (χ3n) is 2.72. The molecule has 0 N–H and O–H groups in total. The summed E-state index contributed by atoms with van der Waals surface area (Å²) in [4.78, 5) is 23.8. The van der Waals surface area contributed by atoms with E-state index in [2.05, 4.69) is 0 Å². The lowest BCUT2D eigenvalue weighted by molar-refractivity contribution is -0.179. The van der Waals surface area contributed by atoms with Crippen LogP contribution in [-0.4, -0.2) is 30.8 Å². The van der Waals surface area contributed by atoms with Crippen molar-refractivity contribution < 1.29 is 23.8 Å². The average molecular weight is 284 g/mol. The molecule has 0 spiro atoms. The molecule has 0 bridgehead atoms. The van der Waals surface area contributed by atoms with Gasteiger partial charge in [-0.1, -0.05) is 0 Å². The van der Waals surface area contributed by atoms with Crippen molar-refractivity contribution in [3.05, 3.63) is 12.3 Å². The zero-order chi connectivity index (χ0) is 15.6. The van der Waals surface area contributed by atoms with Crippen molar-refractivity contribution in [1.82, 2.24) is 0 Å². The maximum Gasteiger partial charge on any atom is 0.311 e. The van der Waals surface area contributed by atoms with Crippen molar-refractivity contribution in [2.24, 2.45) is 10.8 Å². The summed E-state index contributed by atoms with van der Waals surface area (Å²) < 4.78 is 15.9. The SMILES string of the molecule is CC(C)(C)C(=O)O[C@H]1C=COC[C@H]1OC(=O)C(C)(C)C. The fraction of sp³-hybridized carbons (Fsp3) is 0.733. The largest absolute Gasteiger partial charge is 0.497 e. The highest BCUT2D eigenvalue weighted by molar-refractivity contribution is 5.76. The van der Waals surface area contributed by atoms with Gasteiger partial charge in [-0.25, -0.2) is 0 Å². The first-order valence-corrected chi connectivity index (χ1v) is 6.72. The first kappa shape index (κ1) is 16.5. The van der Waals surface area contributed by atoms with E-state index in [4.69, 9.17) is 14.2 Å². The van der Waals surface area contributed by atoms with Crippen molar-refractivity contribution in [2.75, 3.05) is 6.61 Å². The Bertz CT molecular complexity index is 397. The summed E-state index contributed by atoms with van der Waals surface area (Å²) >= 11 is 0. The summed E-state index contributed by atoms with van der Waals surface area (Å²) in [5.41, 5.74) is -1.22. The minimum Gasteiger partial charge on any atom is -0.497 e. The molecule has 0 aromatic carbocycles. The van der Waals surface area contributed by atoms with Crippen molar-refractivity contribution in [1.29, 1.82) is 0 Å². The summed E-state index contributed by atoms with van der Waals surface area (Å²) in [6, 6.07) is 0. The normalized spacial score (nSPS) is 22.9. The van der Waals surface area contributed by atoms with Crippen LogP contribution in [0.3, 0.4) is 0 Å². The van der Waals surface area contributed by atoms with Gasteiger partial charge in [-0.3, -0.25) is 9.59 Å². The lowest BCUT2D eigenvalue weighted by Gasteiger charge is -2.31. The summed E-state index contributed by atoms with van der Waals surface area (Å²) in [6.45, 7) is 10.8. The lowest BCUT2D eigenvalue weighted by Crippen LogP contribution is -2.43. The molecule has 0 aromatic heterocycles. The molecular formula is C15H24O5. The zero-order valence-electron chi connectivity index (χ0n) is 13.1. The van der Waals surface area contributed by atoms with E-state index in [0.717, 1.165) is 0 Å². The Labute approximate surface area is 120 Å². The lowest BCUT2D eigenvalue weighted by atomic mass is 9.96. The van der Waals surface area contributed by atoms with Crippen LogP contribution in [0.4, 0.5) is 0 Å². The van der Waals surface area contributed by atoms with Crippen molar-refractivity contribution in [2.45, 2.75) is 53.8 Å². The Morgan fingerprint density at radius 2 is 1.50 bits per heavy atom. The molecule has 0 aromatic rings. The number of rotatable bonds is 2. The number of ether oxygens (including phenoxy) is 3. The van der Waals surface area contributed by atoms with Gasteiger partial charge in [0.2, 0.25) is 0 Å². The predicted molar refractivity (Wildman–Crippen MR) is 73.8 cm³/mol. The van der Waals surface area contributed by atoms with Crippen LogP contribution in [0.15, 0.2) is 12.3 Å². The van der Waals surface area contributed by atoms with Gasteiger partial charge in [0.05, 0.1) is 17.1 Å². The van der Waals surface area contributed by atoms with Crippen LogP contribution in [0, 0.1) is 10.8 Å². The molecule has 1 rings (SSSR count). The van der Waals surface area contributed by atoms with Gasteiger partial charge in [0.1, 0.15) is 6.61 Å². The van der Waals surface area contributed by atoms with Gasteiger partial charge >= 0.3 is 11.9 Å². The second-order valence-electron chi connectivity index (χ2n) is 6.98. The van der Waals surface area contributed by atoms with E-state index in [1.165, 1.54) is 6.26 Å². The monoisotopic (exact) mass is 284 g/mol. The molecule has 5 nitrogen and oxygen atoms in total. The van der Waals surface area contributed by atoms with E-state index in [-0.39, 0.29) is 18.5 Å². The number of carbonyl (C=O) groups excluding carboxylic acids is 2. The van der Waals surface area contributed by atoms with E-state index in [1.807, 2.05) is 0 Å². The van der Waals surface area contributed by atoms with Crippen LogP contribution in [0.1, 0.15) is 41.5 Å². The third-order valence-corrected chi connectivity index (χ3v) is 2.72. The van der Waals surface area contributed by atoms with Crippen LogP contribution >= 0.6 is 0 Å². The highest BCUT2D eigenvalue weighted by Gasteiger charge is 2.35. The second-order valence-corrected chi connectivity index (χ2v) is 6.98. The van der Waals surface area contributed by atoms with Gasteiger partial charge in [0, 0.05) is 0 Å². The molecular weight excluding hydrogens is 260 g/mol. The fourth-order valence-corrected chi connectivity index (χ4v) is 1.33. The quantitative estimate of drug-likeness (QED) is 0.729. The van der Waals surface area contributed by atoms with E-state index in [0.29, 0.717) is 0 Å². The highest BCUT2D eigenvalue weighted by Crippen LogP contribution is 2.23. The smallest absolute Gasteiger partial charge is 0.311 e. The molecule has 1 aliphatic heterocycles. The minimum atomic E-state index is -0.613. The molecule has 0 saturated carbocycles.